The Hall–Kier alpha value is 2.23. The van der Waals surface area contributed by atoms with Gasteiger partial charge in [-0.2, -0.15) is 10.2 Å². The normalized spacial score (nSPS) is 15.9. The Labute approximate surface area is 248 Å². The van der Waals surface area contributed by atoms with Crippen molar-refractivity contribution in [3.8, 4) is 0 Å². The van der Waals surface area contributed by atoms with Crippen LogP contribution in [0.3, 0.4) is 0 Å². The lowest BCUT2D eigenvalue weighted by Crippen LogP contribution is -2.48. The molecule has 1 aliphatic heterocycles. The Morgan fingerprint density at radius 2 is 1.32 bits per heavy atom. The predicted molar refractivity (Wildman–Crippen MR) is 145 cm³/mol. The Bertz CT molecular complexity index is 937. The predicted octanol–water partition coefficient (Wildman–Crippen LogP) is 8.37. The molecule has 1 aromatic rings. The molecule has 0 saturated carbocycles. The molecular weight excluding hydrogens is 821 g/mol. The molecule has 2 rings (SSSR count). The Morgan fingerprint density at radius 1 is 0.839 bits per heavy atom. The summed E-state index contributed by atoms with van der Waals surface area (Å²) >= 11 is 60.0. The highest BCUT2D eigenvalue weighted by Gasteiger charge is 2.41. The number of allylic oxidation sites excluding steroid dienone is 2. The van der Waals surface area contributed by atoms with E-state index < -0.39 is 22.8 Å². The molecule has 1 aliphatic rings. The molecule has 0 atom stereocenters. The molecule has 0 aliphatic carbocycles. The van der Waals surface area contributed by atoms with E-state index in [4.69, 9.17) is 104 Å². The first-order valence-corrected chi connectivity index (χ1v) is 14.4. The van der Waals surface area contributed by atoms with E-state index in [-0.39, 0.29) is 16.3 Å². The maximum atomic E-state index is 11.7. The summed E-state index contributed by atoms with van der Waals surface area (Å²) < 4.78 is 16.4. The van der Waals surface area contributed by atoms with Crippen LogP contribution in [0.4, 0.5) is 0 Å². The van der Waals surface area contributed by atoms with E-state index in [9.17, 15) is 8.42 Å². The number of sulfone groups is 1. The highest BCUT2D eigenvalue weighted by molar-refractivity contribution is 9.42. The number of hydrazone groups is 1. The second-order valence-corrected chi connectivity index (χ2v) is 22.4. The minimum Gasteiger partial charge on any atom is -0.278 e. The molecule has 0 unspecified atom stereocenters. The molecule has 176 valence electrons. The zero-order valence-corrected chi connectivity index (χ0v) is 26.5. The van der Waals surface area contributed by atoms with Gasteiger partial charge in [-0.15, -0.1) is 0 Å². The third-order valence-corrected chi connectivity index (χ3v) is 9.92. The second kappa shape index (κ2) is 11.5. The van der Waals surface area contributed by atoms with E-state index >= 15 is 0 Å². The van der Waals surface area contributed by atoms with E-state index in [0.717, 1.165) is 5.12 Å². The van der Waals surface area contributed by atoms with Crippen LogP contribution in [0.15, 0.2) is 52.1 Å². The lowest BCUT2D eigenvalue weighted by molar-refractivity contribution is 0.215. The summed E-state index contributed by atoms with van der Waals surface area (Å²) in [6.07, 6.45) is 1.23. The molecule has 0 radical (unpaired) electrons. The number of nitrogens with zero attached hydrogens (tertiary/aromatic N) is 2. The Morgan fingerprint density at radius 3 is 1.68 bits per heavy atom. The number of halogens is 12. The van der Waals surface area contributed by atoms with Gasteiger partial charge in [0.05, 0.1) is 10.6 Å². The fourth-order valence-electron chi connectivity index (χ4n) is 1.58. The van der Waals surface area contributed by atoms with Crippen LogP contribution in [0.2, 0.25) is 0 Å². The summed E-state index contributed by atoms with van der Waals surface area (Å²) in [7, 11) is -3.43. The largest absolute Gasteiger partial charge is 0.301 e. The van der Waals surface area contributed by atoms with Crippen molar-refractivity contribution in [3.05, 3.63) is 42.1 Å². The highest BCUT2D eigenvalue weighted by Crippen LogP contribution is 2.43. The summed E-state index contributed by atoms with van der Waals surface area (Å²) in [4.78, 5) is 0.251. The van der Waals surface area contributed by atoms with Crippen molar-refractivity contribution in [1.82, 2.24) is 10.5 Å². The molecule has 18 heteroatoms. The number of rotatable bonds is 1. The maximum absolute atomic E-state index is 11.7. The minimum atomic E-state index is -3.43. The van der Waals surface area contributed by atoms with E-state index in [2.05, 4.69) is 58.3 Å². The van der Waals surface area contributed by atoms with E-state index in [0.29, 0.717) is 0 Å². The number of alkyl halides is 12. The molecule has 1 N–H and O–H groups in total. The standard InChI is InChI=1S/C7H5Br3O2S.C6H2Cl9N3/c8-7(9,10)13(11,12)6-4-2-1-3-5-6;7-4(8,9)2-1-3(5(10,11)12)17-18(16-2)6(13,14)15/h1-5H;1,16H. The molecule has 5 nitrogen and oxygen atoms in total. The Kier molecular flexibility index (Phi) is 11.6. The molecular formula is C13H7Br3Cl9N3O2S. The SMILES string of the molecule is ClC(Cl)(Cl)C1=CC(C(Cl)(Cl)Cl)=NN(C(Cl)(Cl)Cl)N1.O=S(=O)(c1ccccc1)C(Br)(Br)Br. The fraction of sp³-hybridized carbons (Fsp3) is 0.308. The minimum absolute atomic E-state index is 0.00940. The maximum Gasteiger partial charge on any atom is 0.301 e. The van der Waals surface area contributed by atoms with Crippen molar-refractivity contribution in [2.45, 2.75) is 17.9 Å². The molecule has 1 heterocycles. The van der Waals surface area contributed by atoms with Gasteiger partial charge in [0.15, 0.2) is 0 Å². The van der Waals surface area contributed by atoms with Gasteiger partial charge in [0, 0.05) is 0 Å². The molecule has 0 saturated heterocycles. The number of hydrogen-bond donors (Lipinski definition) is 1. The number of hydrazine groups is 1. The van der Waals surface area contributed by atoms with Crippen LogP contribution in [0.1, 0.15) is 0 Å². The summed E-state index contributed by atoms with van der Waals surface area (Å²) in [6.45, 7) is 0. The summed E-state index contributed by atoms with van der Waals surface area (Å²) in [5.41, 5.74) is 2.40. The van der Waals surface area contributed by atoms with Crippen LogP contribution in [0.25, 0.3) is 0 Å². The molecule has 0 fully saturated rings. The first kappa shape index (κ1) is 31.3. The van der Waals surface area contributed by atoms with E-state index in [1.165, 1.54) is 18.2 Å². The summed E-state index contributed by atoms with van der Waals surface area (Å²) in [6, 6.07) is 8.18. The average Bonchev–Trinajstić information content (AvgIpc) is 2.59. The van der Waals surface area contributed by atoms with Gasteiger partial charge < -0.3 is 0 Å². The molecule has 31 heavy (non-hydrogen) atoms. The molecule has 0 amide bonds. The van der Waals surface area contributed by atoms with Crippen LogP contribution in [-0.2, 0) is 9.84 Å². The lowest BCUT2D eigenvalue weighted by atomic mass is 10.3. The average molecular weight is 828 g/mol. The summed E-state index contributed by atoms with van der Waals surface area (Å²) in [5.74, 6) is 0. The quantitative estimate of drug-likeness (QED) is 0.229. The second-order valence-electron chi connectivity index (χ2n) is 5.19. The molecule has 0 aromatic heterocycles. The molecule has 1 aromatic carbocycles. The molecule has 0 spiro atoms. The van der Waals surface area contributed by atoms with Gasteiger partial charge in [-0.25, -0.2) is 8.42 Å². The number of benzene rings is 1. The molecule has 0 bridgehead atoms. The van der Waals surface area contributed by atoms with Crippen molar-refractivity contribution >= 4 is 168 Å². The highest BCUT2D eigenvalue weighted by atomic mass is 80.0. The van der Waals surface area contributed by atoms with Gasteiger partial charge in [-0.05, 0) is 66.0 Å². The third kappa shape index (κ3) is 9.66. The van der Waals surface area contributed by atoms with Crippen molar-refractivity contribution in [2.75, 3.05) is 0 Å². The Balaban J connectivity index is 0.000000327. The van der Waals surface area contributed by atoms with E-state index in [1.54, 1.807) is 18.2 Å². The number of nitrogens with one attached hydrogen (secondary N) is 1. The van der Waals surface area contributed by atoms with Gasteiger partial charge >= 0.3 is 3.92 Å². The van der Waals surface area contributed by atoms with Gasteiger partial charge in [-0.1, -0.05) is 123 Å². The van der Waals surface area contributed by atoms with Crippen molar-refractivity contribution < 1.29 is 8.42 Å². The first-order valence-electron chi connectivity index (χ1n) is 7.12. The smallest absolute Gasteiger partial charge is 0.278 e. The third-order valence-electron chi connectivity index (χ3n) is 2.91. The fourth-order valence-corrected chi connectivity index (χ4v) is 4.85. The van der Waals surface area contributed by atoms with Gasteiger partial charge in [0.1, 0.15) is 5.71 Å². The van der Waals surface area contributed by atoms with Crippen LogP contribution < -0.4 is 5.43 Å². The zero-order chi connectivity index (χ0) is 24.5. The van der Waals surface area contributed by atoms with Crippen molar-refractivity contribution in [2.24, 2.45) is 5.10 Å². The zero-order valence-electron chi connectivity index (χ0n) is 14.1. The van der Waals surface area contributed by atoms with Crippen LogP contribution in [-0.4, -0.2) is 32.2 Å². The van der Waals surface area contributed by atoms with Crippen molar-refractivity contribution in [3.63, 3.8) is 0 Å². The van der Waals surface area contributed by atoms with Gasteiger partial charge in [0.25, 0.3) is 0 Å². The lowest BCUT2D eigenvalue weighted by Gasteiger charge is -2.34. The summed E-state index contributed by atoms with van der Waals surface area (Å²) in [5, 5.41) is 4.55. The van der Waals surface area contributed by atoms with Crippen LogP contribution in [0, 0.1) is 0 Å². The first-order chi connectivity index (χ1) is 13.7. The van der Waals surface area contributed by atoms with Gasteiger partial charge in [0.2, 0.25) is 18.9 Å². The van der Waals surface area contributed by atoms with Crippen LogP contribution in [0.5, 0.6) is 0 Å². The van der Waals surface area contributed by atoms with Crippen LogP contribution >= 0.6 is 152 Å². The topological polar surface area (TPSA) is 61.8 Å². The van der Waals surface area contributed by atoms with Crippen molar-refractivity contribution in [1.29, 1.82) is 0 Å². The van der Waals surface area contributed by atoms with Gasteiger partial charge in [-0.3, -0.25) is 5.43 Å². The van der Waals surface area contributed by atoms with E-state index in [1.807, 2.05) is 0 Å². The number of hydrogen-bond acceptors (Lipinski definition) is 5. The monoisotopic (exact) mass is 821 g/mol.